The minimum absolute atomic E-state index is 0.367. The lowest BCUT2D eigenvalue weighted by atomic mass is 9.91. The van der Waals surface area contributed by atoms with Crippen molar-refractivity contribution in [2.45, 2.75) is 58.2 Å². The summed E-state index contributed by atoms with van der Waals surface area (Å²) in [5, 5.41) is 1.90. The molecule has 0 heterocycles. The van der Waals surface area contributed by atoms with Crippen LogP contribution in [-0.4, -0.2) is 13.9 Å². The third kappa shape index (κ3) is 2.31. The quantitative estimate of drug-likeness (QED) is 0.707. The van der Waals surface area contributed by atoms with Gasteiger partial charge in [-0.3, -0.25) is 4.79 Å². The second kappa shape index (κ2) is 4.34. The van der Waals surface area contributed by atoms with Crippen LogP contribution in [0.4, 0.5) is 0 Å². The van der Waals surface area contributed by atoms with Crippen LogP contribution in [0.3, 0.4) is 0 Å². The molecule has 18 heavy (non-hydrogen) atoms. The van der Waals surface area contributed by atoms with E-state index in [4.69, 9.17) is 0 Å². The molecule has 0 atom stereocenters. The van der Waals surface area contributed by atoms with Crippen molar-refractivity contribution in [3.05, 3.63) is 29.3 Å². The van der Waals surface area contributed by atoms with Gasteiger partial charge in [0.1, 0.15) is 5.78 Å². The molecule has 0 saturated heterocycles. The molecule has 1 aromatic carbocycles. The number of carbonyl (C=O) groups is 1. The summed E-state index contributed by atoms with van der Waals surface area (Å²) in [5.74, 6) is 0.391. The summed E-state index contributed by atoms with van der Waals surface area (Å²) in [4.78, 5) is 11.5. The Bertz CT molecular complexity index is 480. The molecule has 0 saturated carbocycles. The fourth-order valence-corrected chi connectivity index (χ4v) is 4.33. The van der Waals surface area contributed by atoms with E-state index in [1.165, 1.54) is 16.3 Å². The van der Waals surface area contributed by atoms with E-state index in [2.05, 4.69) is 52.1 Å². The first-order chi connectivity index (χ1) is 8.22. The number of fused-ring (bicyclic) bond motifs is 1. The van der Waals surface area contributed by atoms with Gasteiger partial charge in [-0.25, -0.2) is 0 Å². The maximum atomic E-state index is 11.5. The number of rotatable bonds is 1. The van der Waals surface area contributed by atoms with E-state index in [1.807, 2.05) is 0 Å². The normalized spacial score (nSPS) is 16.6. The molecule has 1 aliphatic rings. The van der Waals surface area contributed by atoms with Crippen molar-refractivity contribution < 1.29 is 4.79 Å². The van der Waals surface area contributed by atoms with E-state index in [1.54, 1.807) is 0 Å². The van der Waals surface area contributed by atoms with Crippen LogP contribution in [0.5, 0.6) is 0 Å². The van der Waals surface area contributed by atoms with Gasteiger partial charge in [0.15, 0.2) is 0 Å². The molecule has 0 N–H and O–H groups in total. The molecule has 1 aliphatic carbocycles. The highest BCUT2D eigenvalue weighted by Gasteiger charge is 2.37. The molecule has 1 aromatic rings. The average molecular weight is 260 g/mol. The van der Waals surface area contributed by atoms with E-state index in [9.17, 15) is 4.79 Å². The zero-order valence-corrected chi connectivity index (χ0v) is 13.3. The highest BCUT2D eigenvalue weighted by Crippen LogP contribution is 2.36. The lowest BCUT2D eigenvalue weighted by molar-refractivity contribution is -0.118. The van der Waals surface area contributed by atoms with Crippen LogP contribution >= 0.6 is 0 Å². The Morgan fingerprint density at radius 1 is 1.06 bits per heavy atom. The first kappa shape index (κ1) is 13.5. The summed E-state index contributed by atoms with van der Waals surface area (Å²) >= 11 is 0. The Morgan fingerprint density at radius 2 is 1.72 bits per heavy atom. The molecular formula is C16H24OSi. The Balaban J connectivity index is 2.41. The largest absolute Gasteiger partial charge is 0.299 e. The van der Waals surface area contributed by atoms with Gasteiger partial charge in [-0.15, -0.1) is 0 Å². The van der Waals surface area contributed by atoms with Crippen molar-refractivity contribution in [2.75, 3.05) is 0 Å². The molecule has 0 bridgehead atoms. The van der Waals surface area contributed by atoms with Gasteiger partial charge in [0.25, 0.3) is 0 Å². The van der Waals surface area contributed by atoms with Crippen molar-refractivity contribution in [3.63, 3.8) is 0 Å². The van der Waals surface area contributed by atoms with Gasteiger partial charge in [0.05, 0.1) is 8.07 Å². The SMILES string of the molecule is CC(C)(C)[Si](C)(C)c1ccc2c(c1)CCC(=O)C2. The predicted molar refractivity (Wildman–Crippen MR) is 80.3 cm³/mol. The van der Waals surface area contributed by atoms with Gasteiger partial charge in [-0.05, 0) is 22.6 Å². The van der Waals surface area contributed by atoms with Gasteiger partial charge >= 0.3 is 0 Å². The number of Topliss-reactive ketones (excluding diaryl/α,β-unsaturated/α-hetero) is 1. The summed E-state index contributed by atoms with van der Waals surface area (Å²) in [7, 11) is -1.44. The number of ketones is 1. The molecule has 98 valence electrons. The van der Waals surface area contributed by atoms with E-state index >= 15 is 0 Å². The molecule has 0 fully saturated rings. The van der Waals surface area contributed by atoms with Gasteiger partial charge in [0, 0.05) is 12.8 Å². The number of hydrogen-bond acceptors (Lipinski definition) is 1. The Morgan fingerprint density at radius 3 is 2.33 bits per heavy atom. The molecule has 0 spiro atoms. The number of hydrogen-bond donors (Lipinski definition) is 0. The summed E-state index contributed by atoms with van der Waals surface area (Å²) in [6.07, 6.45) is 2.32. The minimum atomic E-state index is -1.44. The van der Waals surface area contributed by atoms with Crippen LogP contribution in [0.25, 0.3) is 0 Å². The lowest BCUT2D eigenvalue weighted by Gasteiger charge is -2.38. The van der Waals surface area contributed by atoms with Gasteiger partial charge in [-0.2, -0.15) is 0 Å². The summed E-state index contributed by atoms with van der Waals surface area (Å²) in [5.41, 5.74) is 2.67. The molecule has 0 amide bonds. The van der Waals surface area contributed by atoms with Crippen LogP contribution in [-0.2, 0) is 17.6 Å². The van der Waals surface area contributed by atoms with Crippen LogP contribution in [0.1, 0.15) is 38.3 Å². The Labute approximate surface area is 112 Å². The van der Waals surface area contributed by atoms with Crippen molar-refractivity contribution in [2.24, 2.45) is 0 Å². The van der Waals surface area contributed by atoms with Crippen LogP contribution < -0.4 is 5.19 Å². The molecule has 0 aromatic heterocycles. The molecule has 0 aliphatic heterocycles. The van der Waals surface area contributed by atoms with E-state index < -0.39 is 8.07 Å². The average Bonchev–Trinajstić information content (AvgIpc) is 2.26. The fraction of sp³-hybridized carbons (Fsp3) is 0.562. The Hall–Kier alpha value is -0.893. The maximum Gasteiger partial charge on any atom is 0.137 e. The number of benzene rings is 1. The van der Waals surface area contributed by atoms with Crippen molar-refractivity contribution in [1.29, 1.82) is 0 Å². The second-order valence-electron chi connectivity index (χ2n) is 7.07. The van der Waals surface area contributed by atoms with E-state index in [-0.39, 0.29) is 0 Å². The monoisotopic (exact) mass is 260 g/mol. The molecule has 0 radical (unpaired) electrons. The van der Waals surface area contributed by atoms with Crippen molar-refractivity contribution in [1.82, 2.24) is 0 Å². The van der Waals surface area contributed by atoms with Gasteiger partial charge in [0.2, 0.25) is 0 Å². The standard InChI is InChI=1S/C16H24OSi/c1-16(2,3)18(4,5)15-9-7-12-10-14(17)8-6-13(12)11-15/h7,9,11H,6,8,10H2,1-5H3. The second-order valence-corrected chi connectivity index (χ2v) is 12.4. The fourth-order valence-electron chi connectivity index (χ4n) is 2.43. The summed E-state index contributed by atoms with van der Waals surface area (Å²) in [6, 6.07) is 6.86. The van der Waals surface area contributed by atoms with Crippen LogP contribution in [0.15, 0.2) is 18.2 Å². The highest BCUT2D eigenvalue weighted by molar-refractivity contribution is 6.92. The summed E-state index contributed by atoms with van der Waals surface area (Å²) < 4.78 is 0. The zero-order valence-electron chi connectivity index (χ0n) is 12.3. The topological polar surface area (TPSA) is 17.1 Å². The molecule has 2 rings (SSSR count). The van der Waals surface area contributed by atoms with Crippen molar-refractivity contribution in [3.8, 4) is 0 Å². The smallest absolute Gasteiger partial charge is 0.137 e. The third-order valence-corrected chi connectivity index (χ3v) is 10.4. The van der Waals surface area contributed by atoms with Gasteiger partial charge < -0.3 is 0 Å². The third-order valence-electron chi connectivity index (χ3n) is 4.86. The minimum Gasteiger partial charge on any atom is -0.299 e. The van der Waals surface area contributed by atoms with E-state index in [0.29, 0.717) is 17.2 Å². The molecular weight excluding hydrogens is 236 g/mol. The van der Waals surface area contributed by atoms with Crippen LogP contribution in [0.2, 0.25) is 18.1 Å². The number of carbonyl (C=O) groups excluding carboxylic acids is 1. The first-order valence-electron chi connectivity index (χ1n) is 6.86. The molecule has 0 unspecified atom stereocenters. The highest BCUT2D eigenvalue weighted by atomic mass is 28.3. The zero-order chi connectivity index (χ0) is 13.6. The van der Waals surface area contributed by atoms with Crippen molar-refractivity contribution >= 4 is 19.0 Å². The predicted octanol–water partition coefficient (Wildman–Crippen LogP) is 3.46. The Kier molecular flexibility index (Phi) is 3.26. The maximum absolute atomic E-state index is 11.5. The van der Waals surface area contributed by atoms with Gasteiger partial charge in [-0.1, -0.05) is 57.3 Å². The molecule has 1 nitrogen and oxygen atoms in total. The molecule has 2 heteroatoms. The van der Waals surface area contributed by atoms with E-state index in [0.717, 1.165) is 12.8 Å². The first-order valence-corrected chi connectivity index (χ1v) is 9.86. The van der Waals surface area contributed by atoms with Crippen LogP contribution in [0, 0.1) is 0 Å². The lowest BCUT2D eigenvalue weighted by Crippen LogP contribution is -2.49. The number of aryl methyl sites for hydroxylation is 1. The summed E-state index contributed by atoms with van der Waals surface area (Å²) in [6.45, 7) is 11.9.